The Morgan fingerprint density at radius 3 is 2.72 bits per heavy atom. The smallest absolute Gasteiger partial charge is 0.238 e. The molecule has 5 nitrogen and oxygen atoms in total. The summed E-state index contributed by atoms with van der Waals surface area (Å²) in [4.78, 5) is 13.4. The molecule has 0 saturated carbocycles. The lowest BCUT2D eigenvalue weighted by Crippen LogP contribution is -2.40. The fourth-order valence-electron chi connectivity index (χ4n) is 1.71. The Labute approximate surface area is 107 Å². The van der Waals surface area contributed by atoms with Gasteiger partial charge in [0.2, 0.25) is 5.91 Å². The summed E-state index contributed by atoms with van der Waals surface area (Å²) in [6, 6.07) is 11.8. The van der Waals surface area contributed by atoms with Crippen LogP contribution in [0.2, 0.25) is 0 Å². The van der Waals surface area contributed by atoms with Crippen molar-refractivity contribution in [2.24, 2.45) is 11.8 Å². The first-order valence-corrected chi connectivity index (χ1v) is 5.86. The van der Waals surface area contributed by atoms with Gasteiger partial charge in [-0.15, -0.1) is 0 Å². The number of amides is 1. The summed E-state index contributed by atoms with van der Waals surface area (Å²) in [6.45, 7) is 2.95. The van der Waals surface area contributed by atoms with Gasteiger partial charge in [0.1, 0.15) is 0 Å². The maximum Gasteiger partial charge on any atom is 0.238 e. The highest BCUT2D eigenvalue weighted by atomic mass is 16.2. The van der Waals surface area contributed by atoms with Crippen LogP contribution in [0, 0.1) is 17.2 Å². The second kappa shape index (κ2) is 7.30. The van der Waals surface area contributed by atoms with Crippen molar-refractivity contribution < 1.29 is 4.79 Å². The van der Waals surface area contributed by atoms with Crippen molar-refractivity contribution in [2.45, 2.75) is 13.3 Å². The molecule has 1 rings (SSSR count). The fourth-order valence-corrected chi connectivity index (χ4v) is 1.71. The average molecular weight is 246 g/mol. The zero-order valence-corrected chi connectivity index (χ0v) is 10.5. The Bertz CT molecular complexity index is 413. The van der Waals surface area contributed by atoms with Gasteiger partial charge in [0.15, 0.2) is 0 Å². The summed E-state index contributed by atoms with van der Waals surface area (Å²) in [6.07, 6.45) is 0.422. The van der Waals surface area contributed by atoms with E-state index in [9.17, 15) is 4.79 Å². The largest absolute Gasteiger partial charge is 0.370 e. The maximum absolute atomic E-state index is 11.4. The van der Waals surface area contributed by atoms with Gasteiger partial charge in [-0.25, -0.2) is 5.84 Å². The monoisotopic (exact) mass is 246 g/mol. The molecule has 1 amide bonds. The van der Waals surface area contributed by atoms with Gasteiger partial charge in [-0.2, -0.15) is 5.26 Å². The Morgan fingerprint density at radius 2 is 2.17 bits per heavy atom. The van der Waals surface area contributed by atoms with Gasteiger partial charge in [-0.3, -0.25) is 10.2 Å². The predicted molar refractivity (Wildman–Crippen MR) is 70.4 cm³/mol. The molecule has 1 atom stereocenters. The number of rotatable bonds is 6. The number of hydrogen-bond donors (Lipinski definition) is 2. The van der Waals surface area contributed by atoms with E-state index in [2.05, 4.69) is 11.5 Å². The van der Waals surface area contributed by atoms with Crippen LogP contribution in [-0.4, -0.2) is 19.0 Å². The van der Waals surface area contributed by atoms with Gasteiger partial charge in [-0.1, -0.05) is 25.1 Å². The first-order chi connectivity index (χ1) is 8.69. The standard InChI is InChI=1S/C13H18N4O/c1-11(13(18)16-15)10-17(9-5-8-14)12-6-3-2-4-7-12/h2-4,6-7,11H,5,9-10,15H2,1H3,(H,16,18). The van der Waals surface area contributed by atoms with E-state index >= 15 is 0 Å². The zero-order valence-electron chi connectivity index (χ0n) is 10.5. The van der Waals surface area contributed by atoms with Crippen molar-refractivity contribution in [2.75, 3.05) is 18.0 Å². The normalized spacial score (nSPS) is 11.4. The SMILES string of the molecule is CC(CN(CCC#N)c1ccccc1)C(=O)NN. The number of carbonyl (C=O) groups is 1. The second-order valence-electron chi connectivity index (χ2n) is 4.10. The van der Waals surface area contributed by atoms with Crippen LogP contribution < -0.4 is 16.2 Å². The minimum Gasteiger partial charge on any atom is -0.370 e. The summed E-state index contributed by atoms with van der Waals surface area (Å²) < 4.78 is 0. The van der Waals surface area contributed by atoms with E-state index in [1.54, 1.807) is 0 Å². The van der Waals surface area contributed by atoms with E-state index in [1.165, 1.54) is 0 Å². The number of carbonyl (C=O) groups excluding carboxylic acids is 1. The molecule has 1 unspecified atom stereocenters. The zero-order chi connectivity index (χ0) is 13.4. The van der Waals surface area contributed by atoms with E-state index < -0.39 is 0 Å². The van der Waals surface area contributed by atoms with Crippen molar-refractivity contribution in [3.63, 3.8) is 0 Å². The molecule has 0 spiro atoms. The number of para-hydroxylation sites is 1. The second-order valence-corrected chi connectivity index (χ2v) is 4.10. The molecule has 0 saturated heterocycles. The van der Waals surface area contributed by atoms with Crippen LogP contribution in [0.3, 0.4) is 0 Å². The Hall–Kier alpha value is -2.06. The van der Waals surface area contributed by atoms with Crippen LogP contribution in [0.25, 0.3) is 0 Å². The van der Waals surface area contributed by atoms with E-state index in [4.69, 9.17) is 11.1 Å². The highest BCUT2D eigenvalue weighted by molar-refractivity contribution is 5.78. The third-order valence-electron chi connectivity index (χ3n) is 2.70. The van der Waals surface area contributed by atoms with E-state index in [0.29, 0.717) is 19.5 Å². The highest BCUT2D eigenvalue weighted by Gasteiger charge is 2.16. The average Bonchev–Trinajstić information content (AvgIpc) is 2.43. The number of hydrogen-bond acceptors (Lipinski definition) is 4. The molecular weight excluding hydrogens is 228 g/mol. The fraction of sp³-hybridized carbons (Fsp3) is 0.385. The molecule has 0 aliphatic carbocycles. The minimum absolute atomic E-state index is 0.201. The summed E-state index contributed by atoms with van der Waals surface area (Å²) in [5, 5.41) is 8.68. The molecule has 1 aromatic carbocycles. The maximum atomic E-state index is 11.4. The molecule has 96 valence electrons. The van der Waals surface area contributed by atoms with Gasteiger partial charge in [0, 0.05) is 18.8 Å². The molecule has 0 fully saturated rings. The summed E-state index contributed by atoms with van der Waals surface area (Å²) >= 11 is 0. The Morgan fingerprint density at radius 1 is 1.50 bits per heavy atom. The van der Waals surface area contributed by atoms with Gasteiger partial charge in [0.05, 0.1) is 18.4 Å². The first kappa shape index (κ1) is 14.0. The van der Waals surface area contributed by atoms with Crippen LogP contribution in [0.1, 0.15) is 13.3 Å². The molecule has 18 heavy (non-hydrogen) atoms. The van der Waals surface area contributed by atoms with Crippen molar-refractivity contribution in [1.82, 2.24) is 5.43 Å². The molecule has 0 aliphatic rings. The lowest BCUT2D eigenvalue weighted by molar-refractivity contribution is -0.124. The molecule has 5 heteroatoms. The van der Waals surface area contributed by atoms with Crippen LogP contribution in [0.5, 0.6) is 0 Å². The molecular formula is C13H18N4O. The Kier molecular flexibility index (Phi) is 5.68. The van der Waals surface area contributed by atoms with Gasteiger partial charge < -0.3 is 4.90 Å². The van der Waals surface area contributed by atoms with Crippen LogP contribution in [0.4, 0.5) is 5.69 Å². The third-order valence-corrected chi connectivity index (χ3v) is 2.70. The lowest BCUT2D eigenvalue weighted by Gasteiger charge is -2.26. The van der Waals surface area contributed by atoms with Crippen LogP contribution in [-0.2, 0) is 4.79 Å². The Balaban J connectivity index is 2.73. The number of hydrazine groups is 1. The molecule has 0 aliphatic heterocycles. The molecule has 3 N–H and O–H groups in total. The van der Waals surface area contributed by atoms with Crippen molar-refractivity contribution in [3.8, 4) is 6.07 Å². The van der Waals surface area contributed by atoms with Crippen LogP contribution >= 0.6 is 0 Å². The quantitative estimate of drug-likeness (QED) is 0.446. The van der Waals surface area contributed by atoms with Gasteiger partial charge in [-0.05, 0) is 12.1 Å². The lowest BCUT2D eigenvalue weighted by atomic mass is 10.1. The van der Waals surface area contributed by atoms with Gasteiger partial charge >= 0.3 is 0 Å². The third kappa shape index (κ3) is 4.07. The van der Waals surface area contributed by atoms with Crippen LogP contribution in [0.15, 0.2) is 30.3 Å². The molecule has 1 aromatic rings. The number of nitrogens with zero attached hydrogens (tertiary/aromatic N) is 2. The minimum atomic E-state index is -0.228. The number of anilines is 1. The molecule has 0 bridgehead atoms. The van der Waals surface area contributed by atoms with E-state index in [0.717, 1.165) is 5.69 Å². The number of benzene rings is 1. The van der Waals surface area contributed by atoms with E-state index in [1.807, 2.05) is 42.2 Å². The van der Waals surface area contributed by atoms with Crippen molar-refractivity contribution in [3.05, 3.63) is 30.3 Å². The highest BCUT2D eigenvalue weighted by Crippen LogP contribution is 2.15. The molecule has 0 heterocycles. The number of nitriles is 1. The predicted octanol–water partition coefficient (Wildman–Crippen LogP) is 1.03. The summed E-state index contributed by atoms with van der Waals surface area (Å²) in [5.41, 5.74) is 3.15. The van der Waals surface area contributed by atoms with Gasteiger partial charge in [0.25, 0.3) is 0 Å². The van der Waals surface area contributed by atoms with Crippen molar-refractivity contribution in [1.29, 1.82) is 5.26 Å². The molecule has 0 radical (unpaired) electrons. The first-order valence-electron chi connectivity index (χ1n) is 5.86. The molecule has 0 aromatic heterocycles. The van der Waals surface area contributed by atoms with E-state index in [-0.39, 0.29) is 11.8 Å². The number of nitrogens with one attached hydrogen (secondary N) is 1. The summed E-state index contributed by atoms with van der Waals surface area (Å²) in [5.74, 6) is 4.69. The summed E-state index contributed by atoms with van der Waals surface area (Å²) in [7, 11) is 0. The topological polar surface area (TPSA) is 82.2 Å². The number of nitrogens with two attached hydrogens (primary N) is 1. The van der Waals surface area contributed by atoms with Crippen molar-refractivity contribution >= 4 is 11.6 Å².